The molecule has 0 unspecified atom stereocenters. The molecule has 0 N–H and O–H groups in total. The van der Waals surface area contributed by atoms with E-state index in [1.807, 2.05) is 0 Å². The van der Waals surface area contributed by atoms with E-state index < -0.39 is 0 Å². The molecule has 0 bridgehead atoms. The first-order valence-corrected chi connectivity index (χ1v) is 4.99. The Balaban J connectivity index is 0. The van der Waals surface area contributed by atoms with Crippen LogP contribution in [0.15, 0.2) is 13.2 Å². The van der Waals surface area contributed by atoms with Gasteiger partial charge in [0.25, 0.3) is 0 Å². The third-order valence-corrected chi connectivity index (χ3v) is 1.79. The molecule has 0 aliphatic rings. The lowest BCUT2D eigenvalue weighted by Crippen LogP contribution is -2.20. The molecule has 0 aromatic carbocycles. The fraction of sp³-hybridized carbons (Fsp3) is 0.818. The lowest BCUT2D eigenvalue weighted by atomic mass is 10.3. The zero-order valence-electron chi connectivity index (χ0n) is 9.10. The lowest BCUT2D eigenvalue weighted by molar-refractivity contribution is 0.322. The van der Waals surface area contributed by atoms with Gasteiger partial charge in [0, 0.05) is 0 Å². The monoisotopic (exact) mass is 171 g/mol. The highest BCUT2D eigenvalue weighted by Crippen LogP contribution is 1.94. The van der Waals surface area contributed by atoms with Crippen molar-refractivity contribution in [2.45, 2.75) is 39.5 Å². The third-order valence-electron chi connectivity index (χ3n) is 1.79. The van der Waals surface area contributed by atoms with E-state index in [-0.39, 0.29) is 0 Å². The van der Waals surface area contributed by atoms with Crippen molar-refractivity contribution in [1.29, 1.82) is 0 Å². The second-order valence-electron chi connectivity index (χ2n) is 3.01. The molecule has 1 nitrogen and oxygen atoms in total. The number of hydrogen-bond donors (Lipinski definition) is 0. The van der Waals surface area contributed by atoms with Gasteiger partial charge in [-0.05, 0) is 33.0 Å². The van der Waals surface area contributed by atoms with E-state index in [0.29, 0.717) is 0 Å². The van der Waals surface area contributed by atoms with Crippen LogP contribution in [0.5, 0.6) is 0 Å². The Morgan fingerprint density at radius 2 is 1.25 bits per heavy atom. The minimum atomic E-state index is 1.27. The molecule has 12 heavy (non-hydrogen) atoms. The molecular formula is C11H25N. The van der Waals surface area contributed by atoms with Gasteiger partial charge in [-0.25, -0.2) is 0 Å². The van der Waals surface area contributed by atoms with Gasteiger partial charge in [0.15, 0.2) is 0 Å². The number of nitrogens with zero attached hydrogens (tertiary/aromatic N) is 1. The highest BCUT2D eigenvalue weighted by molar-refractivity contribution is 4.49. The zero-order valence-corrected chi connectivity index (χ0v) is 9.10. The molecule has 0 atom stereocenters. The minimum Gasteiger partial charge on any atom is -0.306 e. The largest absolute Gasteiger partial charge is 0.306 e. The third kappa shape index (κ3) is 12.4. The summed E-state index contributed by atoms with van der Waals surface area (Å²) in [6.45, 7) is 13.0. The number of rotatable bonds is 6. The second-order valence-corrected chi connectivity index (χ2v) is 3.01. The van der Waals surface area contributed by atoms with Crippen molar-refractivity contribution in [3.63, 3.8) is 0 Å². The van der Waals surface area contributed by atoms with Gasteiger partial charge in [0.2, 0.25) is 0 Å². The molecule has 0 aliphatic heterocycles. The van der Waals surface area contributed by atoms with Gasteiger partial charge in [-0.1, -0.05) is 26.7 Å². The lowest BCUT2D eigenvalue weighted by Gasteiger charge is -2.14. The molecule has 0 radical (unpaired) electrons. The number of hydrogen-bond acceptors (Lipinski definition) is 1. The predicted octanol–water partition coefficient (Wildman–Crippen LogP) is 3.32. The fourth-order valence-electron chi connectivity index (χ4n) is 0.968. The van der Waals surface area contributed by atoms with Crippen LogP contribution in [0.3, 0.4) is 0 Å². The van der Waals surface area contributed by atoms with Crippen LogP contribution in [-0.2, 0) is 0 Å². The molecule has 0 aromatic heterocycles. The van der Waals surface area contributed by atoms with Crippen molar-refractivity contribution in [2.24, 2.45) is 0 Å². The Hall–Kier alpha value is -0.300. The maximum atomic E-state index is 3.00. The van der Waals surface area contributed by atoms with Gasteiger partial charge in [-0.2, -0.15) is 0 Å². The van der Waals surface area contributed by atoms with Gasteiger partial charge in [-0.15, -0.1) is 13.2 Å². The Kier molecular flexibility index (Phi) is 15.8. The summed E-state index contributed by atoms with van der Waals surface area (Å²) >= 11 is 0. The van der Waals surface area contributed by atoms with Crippen LogP contribution in [0, 0.1) is 0 Å². The highest BCUT2D eigenvalue weighted by Gasteiger charge is 1.94. The molecule has 0 amide bonds. The fourth-order valence-corrected chi connectivity index (χ4v) is 0.968. The SMILES string of the molecule is C=C.CCCCN(C)CCCC. The molecule has 0 aliphatic carbocycles. The van der Waals surface area contributed by atoms with Gasteiger partial charge >= 0.3 is 0 Å². The summed E-state index contributed by atoms with van der Waals surface area (Å²) in [4.78, 5) is 2.42. The molecule has 0 saturated heterocycles. The molecule has 0 saturated carbocycles. The summed E-state index contributed by atoms with van der Waals surface area (Å²) in [5, 5.41) is 0. The predicted molar refractivity (Wildman–Crippen MR) is 58.6 cm³/mol. The van der Waals surface area contributed by atoms with E-state index in [0.717, 1.165) is 0 Å². The molecule has 74 valence electrons. The summed E-state index contributed by atoms with van der Waals surface area (Å²) in [6, 6.07) is 0. The average Bonchev–Trinajstić information content (AvgIpc) is 2.14. The van der Waals surface area contributed by atoms with Crippen molar-refractivity contribution < 1.29 is 0 Å². The quantitative estimate of drug-likeness (QED) is 0.554. The smallest absolute Gasteiger partial charge is 0.00219 e. The topological polar surface area (TPSA) is 3.24 Å². The van der Waals surface area contributed by atoms with E-state index in [4.69, 9.17) is 0 Å². The summed E-state index contributed by atoms with van der Waals surface area (Å²) in [5.41, 5.74) is 0. The van der Waals surface area contributed by atoms with E-state index in [2.05, 4.69) is 39.0 Å². The zero-order chi connectivity index (χ0) is 9.82. The first-order chi connectivity index (χ1) is 5.81. The summed E-state index contributed by atoms with van der Waals surface area (Å²) in [7, 11) is 2.21. The number of unbranched alkanes of at least 4 members (excludes halogenated alkanes) is 2. The summed E-state index contributed by atoms with van der Waals surface area (Å²) < 4.78 is 0. The van der Waals surface area contributed by atoms with Crippen LogP contribution < -0.4 is 0 Å². The second kappa shape index (κ2) is 13.3. The van der Waals surface area contributed by atoms with Gasteiger partial charge in [-0.3, -0.25) is 0 Å². The highest BCUT2D eigenvalue weighted by atomic mass is 15.1. The average molecular weight is 171 g/mol. The van der Waals surface area contributed by atoms with Crippen molar-refractivity contribution in [2.75, 3.05) is 20.1 Å². The van der Waals surface area contributed by atoms with Gasteiger partial charge < -0.3 is 4.90 Å². The molecule has 0 spiro atoms. The van der Waals surface area contributed by atoms with Crippen LogP contribution >= 0.6 is 0 Å². The van der Waals surface area contributed by atoms with Crippen molar-refractivity contribution >= 4 is 0 Å². The molecular weight excluding hydrogens is 146 g/mol. The Labute approximate surface area is 78.5 Å². The Bertz CT molecular complexity index is 63.4. The Morgan fingerprint density at radius 3 is 1.50 bits per heavy atom. The first kappa shape index (κ1) is 14.2. The van der Waals surface area contributed by atoms with E-state index >= 15 is 0 Å². The maximum Gasteiger partial charge on any atom is -0.00219 e. The maximum absolute atomic E-state index is 3.00. The molecule has 1 heteroatoms. The van der Waals surface area contributed by atoms with Crippen molar-refractivity contribution in [1.82, 2.24) is 4.90 Å². The van der Waals surface area contributed by atoms with Crippen LogP contribution in [0.1, 0.15) is 39.5 Å². The van der Waals surface area contributed by atoms with E-state index in [1.54, 1.807) is 0 Å². The summed E-state index contributed by atoms with van der Waals surface area (Å²) in [5.74, 6) is 0. The van der Waals surface area contributed by atoms with Crippen LogP contribution in [-0.4, -0.2) is 25.0 Å². The summed E-state index contributed by atoms with van der Waals surface area (Å²) in [6.07, 6.45) is 5.33. The first-order valence-electron chi connectivity index (χ1n) is 4.99. The van der Waals surface area contributed by atoms with Crippen LogP contribution in [0.2, 0.25) is 0 Å². The van der Waals surface area contributed by atoms with Crippen LogP contribution in [0.25, 0.3) is 0 Å². The minimum absolute atomic E-state index is 1.27. The van der Waals surface area contributed by atoms with Gasteiger partial charge in [0.1, 0.15) is 0 Å². The van der Waals surface area contributed by atoms with Crippen molar-refractivity contribution in [3.8, 4) is 0 Å². The van der Waals surface area contributed by atoms with Crippen molar-refractivity contribution in [3.05, 3.63) is 13.2 Å². The van der Waals surface area contributed by atoms with E-state index in [1.165, 1.54) is 38.8 Å². The molecule has 0 fully saturated rings. The standard InChI is InChI=1S/C9H21N.C2H4/c1-4-6-8-10(3)9-7-5-2;1-2/h4-9H2,1-3H3;1-2H2. The normalized spacial score (nSPS) is 9.33. The van der Waals surface area contributed by atoms with Crippen LogP contribution in [0.4, 0.5) is 0 Å². The van der Waals surface area contributed by atoms with Gasteiger partial charge in [0.05, 0.1) is 0 Å². The Morgan fingerprint density at radius 1 is 0.917 bits per heavy atom. The van der Waals surface area contributed by atoms with E-state index in [9.17, 15) is 0 Å². The molecule has 0 aromatic rings. The molecule has 0 heterocycles. The molecule has 0 rings (SSSR count).